The summed E-state index contributed by atoms with van der Waals surface area (Å²) in [6, 6.07) is 40.4. The molecule has 0 radical (unpaired) electrons. The van der Waals surface area contributed by atoms with Gasteiger partial charge in [-0.3, -0.25) is 4.79 Å². The van der Waals surface area contributed by atoms with Crippen LogP contribution in [0.15, 0.2) is 136 Å². The number of hydrogen-bond acceptors (Lipinski definition) is 3. The van der Waals surface area contributed by atoms with Gasteiger partial charge in [0.1, 0.15) is 11.5 Å². The van der Waals surface area contributed by atoms with Crippen molar-refractivity contribution in [2.75, 3.05) is 5.01 Å². The second kappa shape index (κ2) is 9.26. The number of carbonyl (C=O) groups excluding carboxylic acids is 1. The molecule has 0 unspecified atom stereocenters. The van der Waals surface area contributed by atoms with Gasteiger partial charge in [-0.05, 0) is 53.1 Å². The average molecular weight is 505 g/mol. The Morgan fingerprint density at radius 2 is 1.31 bits per heavy atom. The van der Waals surface area contributed by atoms with E-state index in [0.717, 1.165) is 55.8 Å². The minimum atomic E-state index is -0.153. The zero-order chi connectivity index (χ0) is 26.3. The average Bonchev–Trinajstić information content (AvgIpc) is 3.47. The molecule has 0 bridgehead atoms. The maximum atomic E-state index is 13.6. The van der Waals surface area contributed by atoms with E-state index < -0.39 is 0 Å². The monoisotopic (exact) mass is 504 g/mol. The minimum absolute atomic E-state index is 0.153. The molecule has 0 saturated heterocycles. The first-order valence-electron chi connectivity index (χ1n) is 12.9. The maximum Gasteiger partial charge on any atom is 0.280 e. The van der Waals surface area contributed by atoms with Gasteiger partial charge in [0, 0.05) is 16.7 Å². The van der Waals surface area contributed by atoms with Gasteiger partial charge in [0.05, 0.1) is 17.0 Å². The van der Waals surface area contributed by atoms with Crippen LogP contribution < -0.4 is 5.01 Å². The molecule has 2 heterocycles. The van der Waals surface area contributed by atoms with Crippen LogP contribution in [0.4, 0.5) is 5.69 Å². The molecule has 2 aliphatic heterocycles. The van der Waals surface area contributed by atoms with Crippen molar-refractivity contribution in [3.05, 3.63) is 132 Å². The summed E-state index contributed by atoms with van der Waals surface area (Å²) < 4.78 is 6.71. The number of hydrogen-bond donors (Lipinski definition) is 0. The quantitative estimate of drug-likeness (QED) is 0.225. The zero-order valence-electron chi connectivity index (χ0n) is 21.3. The smallest absolute Gasteiger partial charge is 0.280 e. The Balaban J connectivity index is 1.49. The second-order valence-corrected chi connectivity index (χ2v) is 9.62. The van der Waals surface area contributed by atoms with Crippen LogP contribution in [-0.4, -0.2) is 11.6 Å². The van der Waals surface area contributed by atoms with E-state index in [0.29, 0.717) is 11.3 Å². The van der Waals surface area contributed by atoms with Gasteiger partial charge in [-0.1, -0.05) is 103 Å². The summed E-state index contributed by atoms with van der Waals surface area (Å²) in [4.78, 5) is 13.6. The van der Waals surface area contributed by atoms with Gasteiger partial charge < -0.3 is 4.42 Å². The number of fused-ring (bicyclic) bond motifs is 3. The largest absolute Gasteiger partial charge is 0.455 e. The molecule has 0 spiro atoms. The molecule has 1 amide bonds. The van der Waals surface area contributed by atoms with Gasteiger partial charge in [0.2, 0.25) is 0 Å². The van der Waals surface area contributed by atoms with Gasteiger partial charge in [0.15, 0.2) is 0 Å². The number of hydrazone groups is 1. The molecule has 3 aliphatic rings. The van der Waals surface area contributed by atoms with E-state index in [1.807, 2.05) is 79.7 Å². The molecule has 186 valence electrons. The van der Waals surface area contributed by atoms with Crippen LogP contribution in [0.3, 0.4) is 0 Å². The van der Waals surface area contributed by atoms with Crippen molar-refractivity contribution in [2.45, 2.75) is 6.92 Å². The maximum absolute atomic E-state index is 13.6. The Morgan fingerprint density at radius 1 is 0.718 bits per heavy atom. The molecule has 4 nitrogen and oxygen atoms in total. The van der Waals surface area contributed by atoms with E-state index in [-0.39, 0.29) is 5.91 Å². The lowest BCUT2D eigenvalue weighted by Crippen LogP contribution is -2.21. The van der Waals surface area contributed by atoms with Crippen LogP contribution in [0.1, 0.15) is 12.5 Å². The molecule has 0 aromatic heterocycles. The van der Waals surface area contributed by atoms with E-state index in [9.17, 15) is 4.79 Å². The summed E-state index contributed by atoms with van der Waals surface area (Å²) in [5.74, 6) is 1.37. The number of anilines is 1. The minimum Gasteiger partial charge on any atom is -0.455 e. The lowest BCUT2D eigenvalue weighted by molar-refractivity contribution is -0.114. The molecule has 39 heavy (non-hydrogen) atoms. The van der Waals surface area contributed by atoms with Gasteiger partial charge in [0.25, 0.3) is 5.91 Å². The van der Waals surface area contributed by atoms with E-state index >= 15 is 0 Å². The van der Waals surface area contributed by atoms with E-state index in [2.05, 4.69) is 59.7 Å². The van der Waals surface area contributed by atoms with Gasteiger partial charge in [-0.15, -0.1) is 0 Å². The fraction of sp³-hybridized carbons (Fsp3) is 0.0286. The highest BCUT2D eigenvalue weighted by Crippen LogP contribution is 2.48. The Hall–Kier alpha value is -5.22. The van der Waals surface area contributed by atoms with Crippen LogP contribution in [-0.2, 0) is 4.79 Å². The normalized spacial score (nSPS) is 14.5. The topological polar surface area (TPSA) is 45.8 Å². The summed E-state index contributed by atoms with van der Waals surface area (Å²) in [5.41, 5.74) is 7.06. The van der Waals surface area contributed by atoms with Crippen LogP contribution in [0.5, 0.6) is 0 Å². The first-order valence-corrected chi connectivity index (χ1v) is 12.9. The molecule has 4 aromatic rings. The Labute approximate surface area is 226 Å². The number of carbonyl (C=O) groups is 1. The van der Waals surface area contributed by atoms with Crippen molar-refractivity contribution in [3.8, 4) is 33.8 Å². The fourth-order valence-electron chi connectivity index (χ4n) is 5.34. The summed E-state index contributed by atoms with van der Waals surface area (Å²) in [5, 5.41) is 8.18. The standard InChI is InChI=1S/C35H24N2O2/c1-23-29(35(38)37(36-23)26-17-9-4-10-18-26)21-31-27-19-11-12-20-28(27)33-30(24-13-5-2-6-14-24)22-32(39-34(31)33)25-15-7-3-8-16-25/h2-22H,1H3/b29-21-. The number of nitrogens with zero attached hydrogens (tertiary/aromatic N) is 2. The van der Waals surface area contributed by atoms with E-state index in [1.54, 1.807) is 0 Å². The number of rotatable bonds is 4. The number of para-hydroxylation sites is 1. The molecule has 0 N–H and O–H groups in total. The molecule has 4 heteroatoms. The molecule has 7 rings (SSSR count). The molecular weight excluding hydrogens is 480 g/mol. The third kappa shape index (κ3) is 3.85. The molecule has 4 aromatic carbocycles. The zero-order valence-corrected chi connectivity index (χ0v) is 21.3. The van der Waals surface area contributed by atoms with Crippen LogP contribution in [0.25, 0.3) is 50.6 Å². The van der Waals surface area contributed by atoms with Crippen LogP contribution >= 0.6 is 0 Å². The number of amides is 1. The van der Waals surface area contributed by atoms with Crippen molar-refractivity contribution in [1.82, 2.24) is 0 Å². The third-order valence-electron chi connectivity index (χ3n) is 7.21. The molecule has 0 saturated carbocycles. The molecule has 0 atom stereocenters. The van der Waals surface area contributed by atoms with Crippen molar-refractivity contribution in [3.63, 3.8) is 0 Å². The number of benzene rings is 4. The lowest BCUT2D eigenvalue weighted by Gasteiger charge is -2.14. The van der Waals surface area contributed by atoms with E-state index in [4.69, 9.17) is 4.42 Å². The van der Waals surface area contributed by atoms with Crippen molar-refractivity contribution >= 4 is 34.2 Å². The SMILES string of the molecule is CC1=NN(c2ccccc2)C(=O)/C1=C\c1c2oc(-c3ccccc3)cc(-c3ccccc3)c-2c2ccccc12. The summed E-state index contributed by atoms with van der Waals surface area (Å²) in [7, 11) is 0. The second-order valence-electron chi connectivity index (χ2n) is 9.62. The predicted octanol–water partition coefficient (Wildman–Crippen LogP) is 8.68. The van der Waals surface area contributed by atoms with Crippen molar-refractivity contribution < 1.29 is 9.21 Å². The highest BCUT2D eigenvalue weighted by Gasteiger charge is 2.31. The lowest BCUT2D eigenvalue weighted by atomic mass is 9.96. The van der Waals surface area contributed by atoms with Gasteiger partial charge in [-0.2, -0.15) is 10.1 Å². The fourth-order valence-corrected chi connectivity index (χ4v) is 5.34. The van der Waals surface area contributed by atoms with E-state index in [1.165, 1.54) is 5.01 Å². The first-order chi connectivity index (χ1) is 19.2. The third-order valence-corrected chi connectivity index (χ3v) is 7.21. The Kier molecular flexibility index (Phi) is 5.45. The van der Waals surface area contributed by atoms with Crippen LogP contribution in [0.2, 0.25) is 0 Å². The summed E-state index contributed by atoms with van der Waals surface area (Å²) >= 11 is 0. The molecule has 0 fully saturated rings. The van der Waals surface area contributed by atoms with Crippen molar-refractivity contribution in [1.29, 1.82) is 0 Å². The summed E-state index contributed by atoms with van der Waals surface area (Å²) in [6.45, 7) is 1.88. The van der Waals surface area contributed by atoms with Crippen molar-refractivity contribution in [2.24, 2.45) is 5.10 Å². The first kappa shape index (κ1) is 22.9. The highest BCUT2D eigenvalue weighted by molar-refractivity contribution is 6.33. The van der Waals surface area contributed by atoms with Gasteiger partial charge in [-0.25, -0.2) is 0 Å². The molecule has 1 aliphatic carbocycles. The summed E-state index contributed by atoms with van der Waals surface area (Å²) in [6.07, 6.45) is 1.95. The molecular formula is C35H24N2O2. The van der Waals surface area contributed by atoms with Crippen LogP contribution in [0, 0.1) is 0 Å². The van der Waals surface area contributed by atoms with Gasteiger partial charge >= 0.3 is 0 Å². The highest BCUT2D eigenvalue weighted by atomic mass is 16.3. The predicted molar refractivity (Wildman–Crippen MR) is 159 cm³/mol. The Bertz CT molecular complexity index is 1870. The Morgan fingerprint density at radius 3 is 2.00 bits per heavy atom.